The number of rotatable bonds is 3. The first-order valence-electron chi connectivity index (χ1n) is 7.03. The molecule has 0 fully saturated rings. The van der Waals surface area contributed by atoms with Gasteiger partial charge in [0.1, 0.15) is 18.1 Å². The van der Waals surface area contributed by atoms with Crippen LogP contribution < -0.4 is 16.5 Å². The van der Waals surface area contributed by atoms with Gasteiger partial charge >= 0.3 is 5.69 Å². The molecule has 3 aromatic heterocycles. The molecule has 0 bridgehead atoms. The van der Waals surface area contributed by atoms with E-state index in [1.54, 1.807) is 30.0 Å². The zero-order valence-corrected chi connectivity index (χ0v) is 12.4. The van der Waals surface area contributed by atoms with Gasteiger partial charge in [0.2, 0.25) is 5.78 Å². The van der Waals surface area contributed by atoms with Crippen LogP contribution in [0.15, 0.2) is 32.6 Å². The number of hydrogen-bond donors (Lipinski definition) is 2. The fourth-order valence-electron chi connectivity index (χ4n) is 2.79. The summed E-state index contributed by atoms with van der Waals surface area (Å²) < 4.78 is 9.88. The predicted octanol–water partition coefficient (Wildman–Crippen LogP) is -1.09. The number of aliphatic hydroxyl groups excluding tert-OH is 1. The Hall–Kier alpha value is -2.85. The van der Waals surface area contributed by atoms with Gasteiger partial charge in [0.25, 0.3) is 0 Å². The molecular formula is C13H15N7O3. The molecule has 1 aliphatic heterocycles. The minimum absolute atomic E-state index is 0.150. The van der Waals surface area contributed by atoms with E-state index in [1.165, 1.54) is 14.3 Å². The van der Waals surface area contributed by atoms with Crippen LogP contribution in [0, 0.1) is 0 Å². The van der Waals surface area contributed by atoms with Gasteiger partial charge in [-0.1, -0.05) is 0 Å². The van der Waals surface area contributed by atoms with Crippen LogP contribution in [0.5, 0.6) is 0 Å². The largest absolute Gasteiger partial charge is 0.463 e. The Labute approximate surface area is 129 Å². The van der Waals surface area contributed by atoms with Crippen LogP contribution in [-0.2, 0) is 13.6 Å². The number of fused-ring (bicyclic) bond motifs is 3. The molecule has 4 heterocycles. The number of furan rings is 1. The van der Waals surface area contributed by atoms with E-state index in [0.717, 1.165) is 0 Å². The Morgan fingerprint density at radius 3 is 3.00 bits per heavy atom. The average molecular weight is 317 g/mol. The first-order chi connectivity index (χ1) is 11.1. The fourth-order valence-corrected chi connectivity index (χ4v) is 2.79. The molecule has 10 nitrogen and oxygen atoms in total. The summed E-state index contributed by atoms with van der Waals surface area (Å²) in [7, 11) is 1.63. The summed E-state index contributed by atoms with van der Waals surface area (Å²) in [6.07, 6.45) is 1.56. The van der Waals surface area contributed by atoms with E-state index in [2.05, 4.69) is 9.98 Å². The summed E-state index contributed by atoms with van der Waals surface area (Å²) >= 11 is 0. The maximum absolute atomic E-state index is 12.3. The van der Waals surface area contributed by atoms with Crippen LogP contribution in [-0.4, -0.2) is 42.8 Å². The molecule has 0 unspecified atom stereocenters. The summed E-state index contributed by atoms with van der Waals surface area (Å²) in [6, 6.07) is 3.55. The second kappa shape index (κ2) is 4.83. The minimum Gasteiger partial charge on any atom is -0.463 e. The van der Waals surface area contributed by atoms with E-state index in [1.807, 2.05) is 0 Å². The topological polar surface area (TPSA) is 119 Å². The molecule has 0 atom stereocenters. The van der Waals surface area contributed by atoms with Crippen LogP contribution in [0.1, 0.15) is 11.5 Å². The maximum Gasteiger partial charge on any atom is 0.345 e. The molecule has 0 saturated heterocycles. The van der Waals surface area contributed by atoms with Crippen molar-refractivity contribution in [3.8, 4) is 0 Å². The molecule has 1 aliphatic rings. The molecule has 0 radical (unpaired) electrons. The van der Waals surface area contributed by atoms with E-state index < -0.39 is 0 Å². The third-order valence-electron chi connectivity index (χ3n) is 3.82. The Bertz CT molecular complexity index is 960. The van der Waals surface area contributed by atoms with Crippen molar-refractivity contribution < 1.29 is 9.52 Å². The van der Waals surface area contributed by atoms with Gasteiger partial charge in [-0.2, -0.15) is 4.98 Å². The van der Waals surface area contributed by atoms with Gasteiger partial charge in [-0.25, -0.2) is 19.8 Å². The Kier molecular flexibility index (Phi) is 2.89. The lowest BCUT2D eigenvalue weighted by Gasteiger charge is -2.20. The number of aromatic nitrogens is 4. The highest BCUT2D eigenvalue weighted by Gasteiger charge is 2.30. The maximum atomic E-state index is 12.3. The highest BCUT2D eigenvalue weighted by atomic mass is 16.3. The van der Waals surface area contributed by atoms with E-state index in [0.29, 0.717) is 28.8 Å². The Morgan fingerprint density at radius 1 is 1.48 bits per heavy atom. The van der Waals surface area contributed by atoms with Gasteiger partial charge in [-0.05, 0) is 12.1 Å². The van der Waals surface area contributed by atoms with Crippen LogP contribution >= 0.6 is 0 Å². The molecule has 23 heavy (non-hydrogen) atoms. The van der Waals surface area contributed by atoms with Crippen LogP contribution in [0.25, 0.3) is 5.78 Å². The molecule has 3 N–H and O–H groups in total. The predicted molar refractivity (Wildman–Crippen MR) is 81.4 cm³/mol. The van der Waals surface area contributed by atoms with Crippen molar-refractivity contribution in [1.29, 1.82) is 0 Å². The van der Waals surface area contributed by atoms with Crippen molar-refractivity contribution in [1.82, 2.24) is 18.7 Å². The Morgan fingerprint density at radius 2 is 2.30 bits per heavy atom. The second-order valence-corrected chi connectivity index (χ2v) is 5.17. The van der Waals surface area contributed by atoms with Crippen molar-refractivity contribution in [3.05, 3.63) is 40.3 Å². The summed E-state index contributed by atoms with van der Waals surface area (Å²) in [4.78, 5) is 21.2. The molecule has 10 heteroatoms. The molecule has 0 saturated carbocycles. The average Bonchev–Trinajstić information content (AvgIpc) is 3.23. The smallest absolute Gasteiger partial charge is 0.345 e. The minimum atomic E-state index is -0.280. The van der Waals surface area contributed by atoms with Crippen molar-refractivity contribution in [3.63, 3.8) is 0 Å². The number of hydrazine groups is 1. The highest BCUT2D eigenvalue weighted by Crippen LogP contribution is 2.26. The van der Waals surface area contributed by atoms with Gasteiger partial charge in [0.05, 0.1) is 19.4 Å². The van der Waals surface area contributed by atoms with Gasteiger partial charge in [0, 0.05) is 7.05 Å². The number of hydrogen-bond acceptors (Lipinski definition) is 7. The molecule has 0 aromatic carbocycles. The molecular weight excluding hydrogens is 302 g/mol. The zero-order valence-electron chi connectivity index (χ0n) is 12.4. The summed E-state index contributed by atoms with van der Waals surface area (Å²) in [6.45, 7) is 0.219. The number of aliphatic hydroxyl groups is 1. The normalized spacial score (nSPS) is 14.4. The highest BCUT2D eigenvalue weighted by molar-refractivity contribution is 6.14. The van der Waals surface area contributed by atoms with Crippen molar-refractivity contribution in [2.24, 2.45) is 17.9 Å². The van der Waals surface area contributed by atoms with Crippen LogP contribution in [0.4, 0.5) is 5.82 Å². The first kappa shape index (κ1) is 13.8. The van der Waals surface area contributed by atoms with E-state index in [9.17, 15) is 9.90 Å². The van der Waals surface area contributed by atoms with Gasteiger partial charge in [0.15, 0.2) is 11.6 Å². The van der Waals surface area contributed by atoms with Crippen molar-refractivity contribution >= 4 is 17.3 Å². The molecule has 120 valence electrons. The quantitative estimate of drug-likeness (QED) is 0.592. The molecule has 3 aromatic rings. The summed E-state index contributed by atoms with van der Waals surface area (Å²) in [5, 5.41) is 10.6. The van der Waals surface area contributed by atoms with E-state index in [4.69, 9.17) is 10.3 Å². The lowest BCUT2D eigenvalue weighted by Crippen LogP contribution is -2.37. The third kappa shape index (κ3) is 1.79. The van der Waals surface area contributed by atoms with Crippen LogP contribution in [0.2, 0.25) is 0 Å². The van der Waals surface area contributed by atoms with E-state index >= 15 is 0 Å². The monoisotopic (exact) mass is 317 g/mol. The van der Waals surface area contributed by atoms with E-state index in [-0.39, 0.29) is 25.5 Å². The number of anilines is 1. The van der Waals surface area contributed by atoms with Crippen molar-refractivity contribution in [2.75, 3.05) is 18.3 Å². The first-order valence-corrected chi connectivity index (χ1v) is 7.03. The third-order valence-corrected chi connectivity index (χ3v) is 3.82. The SMILES string of the molecule is Cn1c(=O)n(CCO)c2nc3c(n21)C(c1ccco1)=NCN3N. The standard InChI is InChI=1S/C13H15N7O3/c1-17-13(22)18(4-5-21)12-16-11-10(20(12)17)9(15-7-19(11)14)8-3-2-6-23-8/h2-3,6,21H,4-5,7,14H2,1H3. The Balaban J connectivity index is 2.06. The molecule has 0 spiro atoms. The fraction of sp³-hybridized carbons (Fsp3) is 0.308. The summed E-state index contributed by atoms with van der Waals surface area (Å²) in [5.41, 5.74) is 0.883. The molecule has 0 aliphatic carbocycles. The molecule has 4 rings (SSSR count). The zero-order chi connectivity index (χ0) is 16.1. The van der Waals surface area contributed by atoms with Crippen molar-refractivity contribution in [2.45, 2.75) is 6.54 Å². The number of aryl methyl sites for hydroxylation is 1. The van der Waals surface area contributed by atoms with Gasteiger partial charge in [-0.3, -0.25) is 14.6 Å². The number of nitrogens with two attached hydrogens (primary N) is 1. The van der Waals surface area contributed by atoms with Gasteiger partial charge < -0.3 is 9.52 Å². The number of aliphatic imine (C=N–C) groups is 1. The number of nitrogens with zero attached hydrogens (tertiary/aromatic N) is 6. The number of imidazole rings is 1. The van der Waals surface area contributed by atoms with Crippen LogP contribution in [0.3, 0.4) is 0 Å². The second-order valence-electron chi connectivity index (χ2n) is 5.17. The molecule has 0 amide bonds. The lowest BCUT2D eigenvalue weighted by molar-refractivity contribution is 0.275. The lowest BCUT2D eigenvalue weighted by atomic mass is 10.2. The summed E-state index contributed by atoms with van der Waals surface area (Å²) in [5.74, 6) is 7.44. The van der Waals surface area contributed by atoms with Gasteiger partial charge in [-0.15, -0.1) is 0 Å².